The minimum absolute atomic E-state index is 0.0370. The van der Waals surface area contributed by atoms with Crippen molar-refractivity contribution >= 4 is 22.7 Å². The largest absolute Gasteiger partial charge is 0.354 e. The van der Waals surface area contributed by atoms with Crippen LogP contribution in [0.2, 0.25) is 0 Å². The molecule has 1 aromatic heterocycles. The maximum absolute atomic E-state index is 12.2. The third-order valence-electron chi connectivity index (χ3n) is 3.39. The van der Waals surface area contributed by atoms with Gasteiger partial charge in [-0.15, -0.1) is 0 Å². The fourth-order valence-corrected chi connectivity index (χ4v) is 2.17. The molecule has 0 saturated carbocycles. The van der Waals surface area contributed by atoms with Crippen molar-refractivity contribution in [2.24, 2.45) is 5.92 Å². The van der Waals surface area contributed by atoms with E-state index in [-0.39, 0.29) is 11.8 Å². The number of nitrogens with zero attached hydrogens (tertiary/aromatic N) is 1. The summed E-state index contributed by atoms with van der Waals surface area (Å²) in [5.74, 6) is 0.612. The average Bonchev–Trinajstić information content (AvgIpc) is 2.83. The fraction of sp³-hybridized carbons (Fsp3) is 0.467. The smallest absolute Gasteiger partial charge is 0.228 e. The van der Waals surface area contributed by atoms with Gasteiger partial charge in [0.25, 0.3) is 0 Å². The molecule has 102 valence electrons. The van der Waals surface area contributed by atoms with Crippen molar-refractivity contribution in [2.45, 2.75) is 39.5 Å². The number of amides is 1. The van der Waals surface area contributed by atoms with E-state index in [1.54, 1.807) is 0 Å². The van der Waals surface area contributed by atoms with Crippen LogP contribution in [0.15, 0.2) is 28.8 Å². The molecule has 2 aromatic rings. The number of hydrogen-bond donors (Lipinski definition) is 1. The second-order valence-electron chi connectivity index (χ2n) is 4.76. The molecule has 0 aliphatic rings. The molecule has 1 atom stereocenters. The van der Waals surface area contributed by atoms with Crippen molar-refractivity contribution < 1.29 is 9.32 Å². The third kappa shape index (κ3) is 3.13. The molecular formula is C15H20N2O2. The normalized spacial score (nSPS) is 12.5. The van der Waals surface area contributed by atoms with Crippen molar-refractivity contribution in [3.8, 4) is 0 Å². The molecule has 4 nitrogen and oxygen atoms in total. The van der Waals surface area contributed by atoms with Gasteiger partial charge in [-0.25, -0.2) is 0 Å². The molecule has 0 radical (unpaired) electrons. The molecule has 0 aliphatic carbocycles. The van der Waals surface area contributed by atoms with Crippen LogP contribution in [0, 0.1) is 5.92 Å². The zero-order chi connectivity index (χ0) is 13.7. The fourth-order valence-electron chi connectivity index (χ4n) is 2.17. The Labute approximate surface area is 113 Å². The van der Waals surface area contributed by atoms with Gasteiger partial charge in [-0.2, -0.15) is 0 Å². The number of rotatable bonds is 6. The van der Waals surface area contributed by atoms with Crippen LogP contribution in [-0.2, 0) is 4.79 Å². The minimum atomic E-state index is 0.0370. The van der Waals surface area contributed by atoms with Crippen LogP contribution < -0.4 is 5.32 Å². The highest BCUT2D eigenvalue weighted by molar-refractivity contribution is 5.99. The maximum Gasteiger partial charge on any atom is 0.228 e. The molecule has 1 aromatic carbocycles. The number of carbonyl (C=O) groups excluding carboxylic acids is 1. The van der Waals surface area contributed by atoms with Crippen LogP contribution in [0.5, 0.6) is 0 Å². The van der Waals surface area contributed by atoms with Crippen LogP contribution >= 0.6 is 0 Å². The van der Waals surface area contributed by atoms with E-state index in [1.807, 2.05) is 31.2 Å². The highest BCUT2D eigenvalue weighted by atomic mass is 16.5. The minimum Gasteiger partial charge on any atom is -0.354 e. The van der Waals surface area contributed by atoms with Gasteiger partial charge in [0, 0.05) is 5.92 Å². The topological polar surface area (TPSA) is 55.1 Å². The molecule has 1 amide bonds. The number of fused-ring (bicyclic) bond motifs is 1. The lowest BCUT2D eigenvalue weighted by molar-refractivity contribution is -0.120. The predicted octanol–water partition coefficient (Wildman–Crippen LogP) is 3.98. The predicted molar refractivity (Wildman–Crippen MR) is 75.9 cm³/mol. The Morgan fingerprint density at radius 2 is 2.16 bits per heavy atom. The number of benzene rings is 1. The van der Waals surface area contributed by atoms with Gasteiger partial charge in [-0.1, -0.05) is 44.0 Å². The summed E-state index contributed by atoms with van der Waals surface area (Å²) in [6, 6.07) is 7.53. The molecule has 1 N–H and O–H groups in total. The first-order chi connectivity index (χ1) is 9.26. The van der Waals surface area contributed by atoms with E-state index in [2.05, 4.69) is 17.4 Å². The van der Waals surface area contributed by atoms with Crippen LogP contribution in [0.3, 0.4) is 0 Å². The monoisotopic (exact) mass is 260 g/mol. The molecular weight excluding hydrogens is 240 g/mol. The summed E-state index contributed by atoms with van der Waals surface area (Å²) >= 11 is 0. The Balaban J connectivity index is 2.09. The van der Waals surface area contributed by atoms with Crippen LogP contribution in [0.4, 0.5) is 5.82 Å². The summed E-state index contributed by atoms with van der Waals surface area (Å²) in [5.41, 5.74) is 0.694. The molecule has 1 heterocycles. The third-order valence-corrected chi connectivity index (χ3v) is 3.39. The maximum atomic E-state index is 12.2. The summed E-state index contributed by atoms with van der Waals surface area (Å²) in [4.78, 5) is 12.2. The number of para-hydroxylation sites is 1. The van der Waals surface area contributed by atoms with Gasteiger partial charge in [0.05, 0.1) is 5.39 Å². The quantitative estimate of drug-likeness (QED) is 0.854. The van der Waals surface area contributed by atoms with Crippen molar-refractivity contribution in [1.29, 1.82) is 0 Å². The molecule has 0 bridgehead atoms. The van der Waals surface area contributed by atoms with Gasteiger partial charge >= 0.3 is 0 Å². The lowest BCUT2D eigenvalue weighted by Crippen LogP contribution is -2.22. The summed E-state index contributed by atoms with van der Waals surface area (Å²) in [5, 5.41) is 7.65. The number of carbonyl (C=O) groups is 1. The van der Waals surface area contributed by atoms with Crippen molar-refractivity contribution in [3.63, 3.8) is 0 Å². The van der Waals surface area contributed by atoms with E-state index in [9.17, 15) is 4.79 Å². The SMILES string of the molecule is CCCCC(CC)C(=O)Nc1noc2ccccc12. The Morgan fingerprint density at radius 1 is 1.37 bits per heavy atom. The lowest BCUT2D eigenvalue weighted by atomic mass is 9.98. The highest BCUT2D eigenvalue weighted by Gasteiger charge is 2.18. The van der Waals surface area contributed by atoms with Gasteiger partial charge in [0.1, 0.15) is 0 Å². The number of hydrogen-bond acceptors (Lipinski definition) is 3. The van der Waals surface area contributed by atoms with E-state index in [0.717, 1.165) is 31.1 Å². The Hall–Kier alpha value is -1.84. The Bertz CT molecular complexity index is 548. The first-order valence-corrected chi connectivity index (χ1v) is 6.91. The molecule has 4 heteroatoms. The summed E-state index contributed by atoms with van der Waals surface area (Å²) in [7, 11) is 0. The van der Waals surface area contributed by atoms with Crippen molar-refractivity contribution in [1.82, 2.24) is 5.16 Å². The lowest BCUT2D eigenvalue weighted by Gasteiger charge is -2.13. The molecule has 2 rings (SSSR count). The Morgan fingerprint density at radius 3 is 2.89 bits per heavy atom. The standard InChI is InChI=1S/C15H20N2O2/c1-3-5-8-11(4-2)15(18)16-14-12-9-6-7-10-13(12)19-17-14/h6-7,9-11H,3-5,8H2,1-2H3,(H,16,17,18). The first-order valence-electron chi connectivity index (χ1n) is 6.91. The highest BCUT2D eigenvalue weighted by Crippen LogP contribution is 2.23. The van der Waals surface area contributed by atoms with Crippen LogP contribution in [-0.4, -0.2) is 11.1 Å². The molecule has 0 saturated heterocycles. The molecule has 0 aliphatic heterocycles. The van der Waals surface area contributed by atoms with Crippen LogP contribution in [0.1, 0.15) is 39.5 Å². The molecule has 19 heavy (non-hydrogen) atoms. The number of nitrogens with one attached hydrogen (secondary N) is 1. The van der Waals surface area contributed by atoms with E-state index in [0.29, 0.717) is 11.4 Å². The molecule has 0 fully saturated rings. The Kier molecular flexibility index (Phi) is 4.55. The second-order valence-corrected chi connectivity index (χ2v) is 4.76. The zero-order valence-electron chi connectivity index (χ0n) is 11.5. The number of unbranched alkanes of at least 4 members (excludes halogenated alkanes) is 1. The van der Waals surface area contributed by atoms with E-state index in [4.69, 9.17) is 4.52 Å². The zero-order valence-corrected chi connectivity index (χ0v) is 11.5. The number of aromatic nitrogens is 1. The van der Waals surface area contributed by atoms with Crippen molar-refractivity contribution in [2.75, 3.05) is 5.32 Å². The summed E-state index contributed by atoms with van der Waals surface area (Å²) < 4.78 is 5.18. The molecule has 0 spiro atoms. The number of anilines is 1. The van der Waals surface area contributed by atoms with Gasteiger partial charge in [0.15, 0.2) is 11.4 Å². The summed E-state index contributed by atoms with van der Waals surface area (Å²) in [6.07, 6.45) is 3.96. The second kappa shape index (κ2) is 6.36. The summed E-state index contributed by atoms with van der Waals surface area (Å²) in [6.45, 7) is 4.18. The van der Waals surface area contributed by atoms with Crippen LogP contribution in [0.25, 0.3) is 11.0 Å². The van der Waals surface area contributed by atoms with Gasteiger partial charge in [0.2, 0.25) is 5.91 Å². The van der Waals surface area contributed by atoms with Gasteiger partial charge in [-0.05, 0) is 25.0 Å². The average molecular weight is 260 g/mol. The van der Waals surface area contributed by atoms with E-state index in [1.165, 1.54) is 0 Å². The van der Waals surface area contributed by atoms with E-state index < -0.39 is 0 Å². The van der Waals surface area contributed by atoms with E-state index >= 15 is 0 Å². The van der Waals surface area contributed by atoms with Crippen molar-refractivity contribution in [3.05, 3.63) is 24.3 Å². The molecule has 1 unspecified atom stereocenters. The van der Waals surface area contributed by atoms with Gasteiger partial charge in [-0.3, -0.25) is 4.79 Å². The van der Waals surface area contributed by atoms with Gasteiger partial charge < -0.3 is 9.84 Å². The first kappa shape index (κ1) is 13.6.